The van der Waals surface area contributed by atoms with Gasteiger partial charge >= 0.3 is 11.9 Å². The Hall–Kier alpha value is -3.42. The van der Waals surface area contributed by atoms with E-state index in [1.807, 2.05) is 5.32 Å². The summed E-state index contributed by atoms with van der Waals surface area (Å²) in [6, 6.07) is -2.67. The molecule has 0 radical (unpaired) electrons. The van der Waals surface area contributed by atoms with Gasteiger partial charge in [0.1, 0.15) is 12.1 Å². The number of hydrogen-bond acceptors (Lipinski definition) is 7. The molecule has 0 aromatic heterocycles. The molecule has 0 aromatic carbocycles. The molecule has 14 nitrogen and oxygen atoms in total. The van der Waals surface area contributed by atoms with Crippen LogP contribution in [0.1, 0.15) is 19.3 Å². The fraction of sp³-hybridized carbons (Fsp3) is 0.571. The highest BCUT2D eigenvalue weighted by atomic mass is 16.4. The topological polar surface area (TPSA) is 252 Å². The molecule has 3 amide bonds. The minimum atomic E-state index is -1.64. The lowest BCUT2D eigenvalue weighted by Crippen LogP contribution is -2.51. The molecule has 0 rings (SSSR count). The number of carboxylic acid groups (broad SMARTS) is 2. The normalized spacial score (nSPS) is 12.2. The van der Waals surface area contributed by atoms with Crippen molar-refractivity contribution < 1.29 is 34.2 Å². The molecule has 28 heavy (non-hydrogen) atoms. The minimum Gasteiger partial charge on any atom is -0.481 e. The molecule has 11 N–H and O–H groups in total. The number of nitrogens with two attached hydrogens (primary N) is 3. The van der Waals surface area contributed by atoms with Gasteiger partial charge in [0, 0.05) is 6.54 Å². The molecule has 0 saturated heterocycles. The van der Waals surface area contributed by atoms with Crippen molar-refractivity contribution in [2.24, 2.45) is 22.2 Å². The highest BCUT2D eigenvalue weighted by Crippen LogP contribution is 1.99. The van der Waals surface area contributed by atoms with Gasteiger partial charge in [-0.15, -0.1) is 0 Å². The van der Waals surface area contributed by atoms with Crippen molar-refractivity contribution in [1.29, 1.82) is 0 Å². The van der Waals surface area contributed by atoms with E-state index < -0.39 is 54.7 Å². The van der Waals surface area contributed by atoms with Crippen LogP contribution in [0.4, 0.5) is 0 Å². The van der Waals surface area contributed by atoms with Crippen LogP contribution >= 0.6 is 0 Å². The van der Waals surface area contributed by atoms with Crippen LogP contribution in [0, 0.1) is 0 Å². The number of amides is 3. The molecule has 0 bridgehead atoms. The van der Waals surface area contributed by atoms with Crippen LogP contribution in [0.2, 0.25) is 0 Å². The third kappa shape index (κ3) is 11.2. The maximum Gasteiger partial charge on any atom is 0.326 e. The Morgan fingerprint density at radius 3 is 2.07 bits per heavy atom. The monoisotopic (exact) mass is 403 g/mol. The number of carboxylic acids is 2. The van der Waals surface area contributed by atoms with Crippen LogP contribution in [-0.2, 0) is 24.0 Å². The third-order valence-electron chi connectivity index (χ3n) is 3.22. The van der Waals surface area contributed by atoms with Crippen molar-refractivity contribution in [3.05, 3.63) is 0 Å². The molecule has 0 fully saturated rings. The molecule has 158 valence electrons. The predicted octanol–water partition coefficient (Wildman–Crippen LogP) is -4.36. The fourth-order valence-electron chi connectivity index (χ4n) is 1.94. The summed E-state index contributed by atoms with van der Waals surface area (Å²) in [5.41, 5.74) is 15.6. The number of hydrogen-bond donors (Lipinski definition) is 8. The van der Waals surface area contributed by atoms with Gasteiger partial charge in [-0.25, -0.2) is 4.79 Å². The second-order valence-electron chi connectivity index (χ2n) is 5.55. The quantitative estimate of drug-likeness (QED) is 0.0832. The Morgan fingerprint density at radius 2 is 1.57 bits per heavy atom. The van der Waals surface area contributed by atoms with Crippen molar-refractivity contribution in [3.8, 4) is 0 Å². The molecule has 2 atom stereocenters. The minimum absolute atomic E-state index is 0.127. The third-order valence-corrected chi connectivity index (χ3v) is 3.22. The van der Waals surface area contributed by atoms with Gasteiger partial charge in [0.25, 0.3) is 0 Å². The predicted molar refractivity (Wildman–Crippen MR) is 95.7 cm³/mol. The number of nitrogens with zero attached hydrogens (tertiary/aromatic N) is 1. The molecule has 14 heteroatoms. The van der Waals surface area contributed by atoms with Crippen LogP contribution in [0.25, 0.3) is 0 Å². The molecule has 2 unspecified atom stereocenters. The standard InChI is InChI=1S/C14H25N7O7/c15-5-9(22)20-7(2-1-3-18-14(16)17)12(26)19-6-10(23)21-8(13(27)28)4-11(24)25/h7-8H,1-6,15H2,(H,19,26)(H,20,22)(H,21,23)(H,24,25)(H,27,28)(H4,16,17,18). The second-order valence-corrected chi connectivity index (χ2v) is 5.55. The smallest absolute Gasteiger partial charge is 0.326 e. The molecule has 0 aliphatic heterocycles. The summed E-state index contributed by atoms with van der Waals surface area (Å²) in [4.78, 5) is 60.6. The van der Waals surface area contributed by atoms with E-state index in [0.29, 0.717) is 6.42 Å². The highest BCUT2D eigenvalue weighted by molar-refractivity contribution is 5.92. The van der Waals surface area contributed by atoms with E-state index in [2.05, 4.69) is 15.6 Å². The van der Waals surface area contributed by atoms with E-state index in [1.54, 1.807) is 0 Å². The van der Waals surface area contributed by atoms with E-state index in [4.69, 9.17) is 27.4 Å². The number of carbonyl (C=O) groups excluding carboxylic acids is 3. The molecule has 0 aliphatic rings. The van der Waals surface area contributed by atoms with Gasteiger partial charge in [-0.2, -0.15) is 0 Å². The fourth-order valence-corrected chi connectivity index (χ4v) is 1.94. The molecular formula is C14H25N7O7. The summed E-state index contributed by atoms with van der Waals surface area (Å²) < 4.78 is 0. The summed E-state index contributed by atoms with van der Waals surface area (Å²) in [6.45, 7) is -0.765. The van der Waals surface area contributed by atoms with Crippen LogP contribution in [-0.4, -0.2) is 77.6 Å². The van der Waals surface area contributed by atoms with Crippen molar-refractivity contribution in [2.75, 3.05) is 19.6 Å². The zero-order chi connectivity index (χ0) is 21.7. The summed E-state index contributed by atoms with van der Waals surface area (Å²) in [6.07, 6.45) is -0.339. The lowest BCUT2D eigenvalue weighted by molar-refractivity contribution is -0.147. The van der Waals surface area contributed by atoms with Crippen LogP contribution < -0.4 is 33.2 Å². The molecular weight excluding hydrogens is 378 g/mol. The molecule has 0 aromatic rings. The maximum atomic E-state index is 12.2. The number of rotatable bonds is 13. The number of nitrogens with one attached hydrogen (secondary N) is 3. The van der Waals surface area contributed by atoms with Gasteiger partial charge in [-0.1, -0.05) is 0 Å². The Morgan fingerprint density at radius 1 is 0.964 bits per heavy atom. The second kappa shape index (κ2) is 12.9. The van der Waals surface area contributed by atoms with Gasteiger partial charge < -0.3 is 43.4 Å². The zero-order valence-corrected chi connectivity index (χ0v) is 15.0. The average molecular weight is 403 g/mol. The van der Waals surface area contributed by atoms with E-state index >= 15 is 0 Å². The van der Waals surface area contributed by atoms with Crippen molar-refractivity contribution in [3.63, 3.8) is 0 Å². The zero-order valence-electron chi connectivity index (χ0n) is 15.0. The van der Waals surface area contributed by atoms with Gasteiger partial charge in [0.15, 0.2) is 5.96 Å². The van der Waals surface area contributed by atoms with Crippen molar-refractivity contribution in [1.82, 2.24) is 16.0 Å². The first-order valence-electron chi connectivity index (χ1n) is 8.13. The van der Waals surface area contributed by atoms with Gasteiger partial charge in [0.05, 0.1) is 19.5 Å². The van der Waals surface area contributed by atoms with E-state index in [1.165, 1.54) is 0 Å². The summed E-state index contributed by atoms with van der Waals surface area (Å²) in [7, 11) is 0. The maximum absolute atomic E-state index is 12.2. The summed E-state index contributed by atoms with van der Waals surface area (Å²) in [5, 5.41) is 24.1. The first-order valence-corrected chi connectivity index (χ1v) is 8.13. The summed E-state index contributed by atoms with van der Waals surface area (Å²) in [5.74, 6) is -5.30. The largest absolute Gasteiger partial charge is 0.481 e. The molecule has 0 spiro atoms. The van der Waals surface area contributed by atoms with Gasteiger partial charge in [-0.05, 0) is 12.8 Å². The number of aliphatic carboxylic acids is 2. The highest BCUT2D eigenvalue weighted by Gasteiger charge is 2.24. The van der Waals surface area contributed by atoms with E-state index in [0.717, 1.165) is 0 Å². The number of guanidine groups is 1. The Bertz CT molecular complexity index is 619. The van der Waals surface area contributed by atoms with E-state index in [-0.39, 0.29) is 25.5 Å². The Balaban J connectivity index is 4.70. The van der Waals surface area contributed by atoms with Crippen molar-refractivity contribution in [2.45, 2.75) is 31.3 Å². The first-order chi connectivity index (χ1) is 13.1. The molecule has 0 heterocycles. The van der Waals surface area contributed by atoms with Gasteiger partial charge in [0.2, 0.25) is 17.7 Å². The SMILES string of the molecule is NCC(=O)NC(CCCN=C(N)N)C(=O)NCC(=O)NC(CC(=O)O)C(=O)O. The van der Waals surface area contributed by atoms with Crippen LogP contribution in [0.5, 0.6) is 0 Å². The van der Waals surface area contributed by atoms with E-state index in [9.17, 15) is 24.0 Å². The van der Waals surface area contributed by atoms with Crippen molar-refractivity contribution >= 4 is 35.6 Å². The first kappa shape index (κ1) is 24.6. The summed E-state index contributed by atoms with van der Waals surface area (Å²) >= 11 is 0. The molecule has 0 saturated carbocycles. The lowest BCUT2D eigenvalue weighted by Gasteiger charge is -2.18. The van der Waals surface area contributed by atoms with Gasteiger partial charge in [-0.3, -0.25) is 24.2 Å². The number of aliphatic imine (C=N–C) groups is 1. The molecule has 0 aliphatic carbocycles. The Kier molecular flexibility index (Phi) is 11.3. The number of carbonyl (C=O) groups is 5. The average Bonchev–Trinajstić information content (AvgIpc) is 2.60. The lowest BCUT2D eigenvalue weighted by atomic mass is 10.1. The Labute approximate surface area is 159 Å². The van der Waals surface area contributed by atoms with Crippen LogP contribution in [0.15, 0.2) is 4.99 Å². The van der Waals surface area contributed by atoms with Crippen LogP contribution in [0.3, 0.4) is 0 Å².